The van der Waals surface area contributed by atoms with Crippen LogP contribution in [0.2, 0.25) is 5.02 Å². The summed E-state index contributed by atoms with van der Waals surface area (Å²) in [5.74, 6) is -4.02. The number of aromatic nitrogens is 2. The number of benzene rings is 2. The summed E-state index contributed by atoms with van der Waals surface area (Å²) in [7, 11) is -4.78. The summed E-state index contributed by atoms with van der Waals surface area (Å²) in [6, 6.07) is 5.54. The van der Waals surface area contributed by atoms with Crippen LogP contribution in [0.15, 0.2) is 36.5 Å². The number of hydrogen-bond donors (Lipinski definition) is 4. The Labute approximate surface area is 244 Å². The number of nitrogens with zero attached hydrogens (tertiary/aromatic N) is 3. The van der Waals surface area contributed by atoms with Crippen LogP contribution in [0, 0.1) is 17.6 Å². The molecule has 2 unspecified atom stereocenters. The number of rotatable bonds is 11. The summed E-state index contributed by atoms with van der Waals surface area (Å²) in [5, 5.41) is 7.10. The van der Waals surface area contributed by atoms with Gasteiger partial charge < -0.3 is 26.2 Å². The molecule has 0 aliphatic carbocycles. The number of carbonyl (C=O) groups excluding carboxylic acids is 2. The Hall–Kier alpha value is -3.76. The predicted molar refractivity (Wildman–Crippen MR) is 147 cm³/mol. The first-order chi connectivity index (χ1) is 19.8. The van der Waals surface area contributed by atoms with Gasteiger partial charge in [-0.05, 0) is 42.8 Å². The Morgan fingerprint density at radius 2 is 1.93 bits per heavy atom. The minimum atomic E-state index is -4.78. The van der Waals surface area contributed by atoms with Crippen molar-refractivity contribution in [2.75, 3.05) is 32.0 Å². The summed E-state index contributed by atoms with van der Waals surface area (Å²) < 4.78 is 69.1. The Morgan fingerprint density at radius 3 is 2.60 bits per heavy atom. The smallest absolute Gasteiger partial charge is 0.273 e. The average molecular weight is 626 g/mol. The highest BCUT2D eigenvalue weighted by molar-refractivity contribution is 7.86. The first-order valence-corrected chi connectivity index (χ1v) is 14.3. The number of aliphatic hydroxyl groups excluding tert-OH is 1. The molecule has 1 amide bonds. The van der Waals surface area contributed by atoms with Crippen molar-refractivity contribution in [2.45, 2.75) is 18.3 Å². The minimum Gasteiger partial charge on any atom is -0.470 e. The van der Waals surface area contributed by atoms with Gasteiger partial charge in [0, 0.05) is 35.7 Å². The van der Waals surface area contributed by atoms with E-state index in [1.165, 1.54) is 18.2 Å². The Bertz CT molecular complexity index is 1640. The van der Waals surface area contributed by atoms with E-state index >= 15 is 0 Å². The molecule has 2 heterocycles. The summed E-state index contributed by atoms with van der Waals surface area (Å²) in [5.41, 5.74) is 11.0. The Balaban J connectivity index is 1.73. The highest BCUT2D eigenvalue weighted by Gasteiger charge is 2.35. The first kappa shape index (κ1) is 31.2. The fraction of sp³-hybridized carbons (Fsp3) is 0.308. The maximum absolute atomic E-state index is 14.2. The molecule has 12 nitrogen and oxygen atoms in total. The van der Waals surface area contributed by atoms with E-state index in [2.05, 4.69) is 9.97 Å². The van der Waals surface area contributed by atoms with Crippen LogP contribution in [0.5, 0.6) is 5.88 Å². The normalized spacial score (nSPS) is 16.4. The van der Waals surface area contributed by atoms with Gasteiger partial charge in [-0.15, -0.1) is 0 Å². The molecule has 1 aromatic heterocycles. The van der Waals surface area contributed by atoms with Gasteiger partial charge in [0.05, 0.1) is 16.9 Å². The predicted octanol–water partition coefficient (Wildman–Crippen LogP) is 2.15. The van der Waals surface area contributed by atoms with Crippen molar-refractivity contribution in [3.8, 4) is 17.1 Å². The third-order valence-corrected chi connectivity index (χ3v) is 8.42. The van der Waals surface area contributed by atoms with Gasteiger partial charge in [0.25, 0.3) is 16.0 Å². The van der Waals surface area contributed by atoms with Crippen molar-refractivity contribution in [2.24, 2.45) is 11.7 Å². The van der Waals surface area contributed by atoms with Gasteiger partial charge in [-0.2, -0.15) is 8.42 Å². The van der Waals surface area contributed by atoms with Crippen LogP contribution in [0.1, 0.15) is 33.2 Å². The van der Waals surface area contributed by atoms with Gasteiger partial charge in [-0.1, -0.05) is 17.7 Å². The molecule has 4 rings (SSSR count). The highest BCUT2D eigenvalue weighted by atomic mass is 35.5. The molecule has 224 valence electrons. The van der Waals surface area contributed by atoms with E-state index in [1.807, 2.05) is 0 Å². The number of primary amides is 1. The van der Waals surface area contributed by atoms with Crippen LogP contribution in [0.4, 0.5) is 14.6 Å². The van der Waals surface area contributed by atoms with Crippen LogP contribution < -0.4 is 16.2 Å². The van der Waals surface area contributed by atoms with E-state index in [-0.39, 0.29) is 58.5 Å². The van der Waals surface area contributed by atoms with Crippen molar-refractivity contribution in [3.63, 3.8) is 0 Å². The molecule has 1 aliphatic rings. The minimum absolute atomic E-state index is 0.0173. The number of anilines is 1. The summed E-state index contributed by atoms with van der Waals surface area (Å²) in [6.07, 6.45) is 1.56. The van der Waals surface area contributed by atoms with E-state index in [4.69, 9.17) is 27.8 Å². The number of amides is 1. The molecule has 6 N–H and O–H groups in total. The quantitative estimate of drug-likeness (QED) is 0.180. The second-order valence-corrected chi connectivity index (χ2v) is 11.6. The van der Waals surface area contributed by atoms with Gasteiger partial charge >= 0.3 is 0 Å². The summed E-state index contributed by atoms with van der Waals surface area (Å²) in [6.45, 7) is -0.971. The molecule has 1 aliphatic heterocycles. The monoisotopic (exact) mass is 625 g/mol. The van der Waals surface area contributed by atoms with E-state index in [9.17, 15) is 36.4 Å². The SMILES string of the molecule is NC(=O)c1ccc(C(CN2CCC(C(=O)CO)C2)S(=O)(=O)O)c(-c2cnc(N)c(OCc3c(F)ccc(F)c3Cl)n2)c1. The number of nitrogen functional groups attached to an aromatic ring is 1. The molecular formula is C26H26ClF2N5O7S. The molecule has 0 radical (unpaired) electrons. The molecule has 2 atom stereocenters. The molecule has 0 spiro atoms. The van der Waals surface area contributed by atoms with Gasteiger partial charge in [-0.3, -0.25) is 14.1 Å². The molecular weight excluding hydrogens is 600 g/mol. The highest BCUT2D eigenvalue weighted by Crippen LogP contribution is 2.35. The van der Waals surface area contributed by atoms with Gasteiger partial charge in [0.15, 0.2) is 11.6 Å². The largest absolute Gasteiger partial charge is 0.470 e. The third kappa shape index (κ3) is 6.82. The van der Waals surface area contributed by atoms with Gasteiger partial charge in [0.1, 0.15) is 30.1 Å². The zero-order valence-corrected chi connectivity index (χ0v) is 23.4. The van der Waals surface area contributed by atoms with E-state index in [0.29, 0.717) is 13.0 Å². The average Bonchev–Trinajstić information content (AvgIpc) is 3.42. The van der Waals surface area contributed by atoms with Crippen LogP contribution >= 0.6 is 11.6 Å². The van der Waals surface area contributed by atoms with Crippen LogP contribution in [-0.2, 0) is 21.5 Å². The zero-order chi connectivity index (χ0) is 30.8. The topological polar surface area (TPSA) is 199 Å². The lowest BCUT2D eigenvalue weighted by atomic mass is 9.98. The number of carbonyl (C=O) groups is 2. The molecule has 2 aromatic carbocycles. The number of aliphatic hydroxyl groups is 1. The molecule has 1 saturated heterocycles. The molecule has 3 aromatic rings. The number of ketones is 1. The van der Waals surface area contributed by atoms with E-state index < -0.39 is 57.1 Å². The maximum Gasteiger partial charge on any atom is 0.273 e. The molecule has 0 bridgehead atoms. The zero-order valence-electron chi connectivity index (χ0n) is 21.8. The number of nitrogens with two attached hydrogens (primary N) is 2. The van der Waals surface area contributed by atoms with Crippen molar-refractivity contribution >= 4 is 39.2 Å². The molecule has 0 saturated carbocycles. The number of halogens is 3. The second-order valence-electron chi connectivity index (χ2n) is 9.60. The first-order valence-electron chi connectivity index (χ1n) is 12.4. The van der Waals surface area contributed by atoms with Crippen molar-refractivity contribution in [1.29, 1.82) is 0 Å². The summed E-state index contributed by atoms with van der Waals surface area (Å²) in [4.78, 5) is 33.8. The van der Waals surface area contributed by atoms with Crippen molar-refractivity contribution in [1.82, 2.24) is 14.9 Å². The fourth-order valence-corrected chi connectivity index (χ4v) is 5.78. The fourth-order valence-electron chi connectivity index (χ4n) is 4.65. The number of hydrogen-bond acceptors (Lipinski definition) is 10. The Morgan fingerprint density at radius 1 is 1.21 bits per heavy atom. The Kier molecular flexibility index (Phi) is 9.37. The van der Waals surface area contributed by atoms with Crippen LogP contribution in [-0.4, -0.2) is 70.9 Å². The molecule has 42 heavy (non-hydrogen) atoms. The lowest BCUT2D eigenvalue weighted by Gasteiger charge is -2.24. The van der Waals surface area contributed by atoms with Gasteiger partial charge in [0.2, 0.25) is 5.91 Å². The lowest BCUT2D eigenvalue weighted by Crippen LogP contribution is -2.32. The number of ether oxygens (including phenoxy) is 1. The van der Waals surface area contributed by atoms with E-state index in [0.717, 1.165) is 18.3 Å². The maximum atomic E-state index is 14.2. The summed E-state index contributed by atoms with van der Waals surface area (Å²) >= 11 is 5.86. The third-order valence-electron chi connectivity index (χ3n) is 6.89. The number of likely N-dealkylation sites (tertiary alicyclic amines) is 1. The van der Waals surface area contributed by atoms with Crippen LogP contribution in [0.3, 0.4) is 0 Å². The van der Waals surface area contributed by atoms with Crippen LogP contribution in [0.25, 0.3) is 11.3 Å². The van der Waals surface area contributed by atoms with Crippen molar-refractivity contribution < 1.29 is 41.2 Å². The van der Waals surface area contributed by atoms with E-state index in [1.54, 1.807) is 4.90 Å². The molecule has 1 fully saturated rings. The molecule has 16 heteroatoms. The van der Waals surface area contributed by atoms with Crippen molar-refractivity contribution in [3.05, 3.63) is 69.9 Å². The number of Topliss-reactive ketones (excluding diaryl/α,β-unsaturated/α-hetero) is 1. The van der Waals surface area contributed by atoms with Gasteiger partial charge in [-0.25, -0.2) is 18.7 Å². The lowest BCUT2D eigenvalue weighted by molar-refractivity contribution is -0.125. The standard InChI is InChI=1S/C26H26ClF2N5O7S/c27-23-17(18(28)3-4-19(23)29)12-41-26-24(30)32-8-20(33-26)16-7-13(25(31)37)1-2-15(16)22(42(38,39)40)10-34-6-5-14(9-34)21(36)11-35/h1-4,7-8,14,22,35H,5-6,9-12H2,(H2,30,32)(H2,31,37)(H,38,39,40). The second kappa shape index (κ2) is 12.6.